The minimum Gasteiger partial charge on any atom is -0.397 e. The van der Waals surface area contributed by atoms with Crippen LogP contribution < -0.4 is 11.1 Å². The molecule has 0 aliphatic rings. The lowest BCUT2D eigenvalue weighted by atomic mass is 10.0. The second-order valence-corrected chi connectivity index (χ2v) is 5.66. The number of carbonyl (C=O) groups excluding carboxylic acids is 1. The molecule has 3 N–H and O–H groups in total. The topological polar surface area (TPSA) is 67.6 Å². The van der Waals surface area contributed by atoms with E-state index in [2.05, 4.69) is 19.2 Å². The van der Waals surface area contributed by atoms with E-state index in [9.17, 15) is 4.79 Å². The second-order valence-electron chi connectivity index (χ2n) is 5.66. The average Bonchev–Trinajstić information content (AvgIpc) is 2.43. The molecule has 1 amide bonds. The standard InChI is InChI=1S/C16H27N3O2/c1-6-21-10-15(11(2)3)18-14-8-7-12(9-13(14)17)16(20)19(4)5/h7-9,11,15,18H,6,10,17H2,1-5H3. The molecule has 118 valence electrons. The van der Waals surface area contributed by atoms with Gasteiger partial charge in [0.25, 0.3) is 5.91 Å². The monoisotopic (exact) mass is 293 g/mol. The first kappa shape index (κ1) is 17.3. The van der Waals surface area contributed by atoms with E-state index in [-0.39, 0.29) is 11.9 Å². The first-order chi connectivity index (χ1) is 9.86. The molecule has 0 bridgehead atoms. The number of nitrogen functional groups attached to an aromatic ring is 1. The highest BCUT2D eigenvalue weighted by Gasteiger charge is 2.16. The summed E-state index contributed by atoms with van der Waals surface area (Å²) in [5.74, 6) is 0.363. The fraction of sp³-hybridized carbons (Fsp3) is 0.562. The van der Waals surface area contributed by atoms with E-state index in [0.29, 0.717) is 30.4 Å². The fourth-order valence-corrected chi connectivity index (χ4v) is 1.93. The van der Waals surface area contributed by atoms with Gasteiger partial charge in [0.2, 0.25) is 0 Å². The Balaban J connectivity index is 2.86. The maximum Gasteiger partial charge on any atom is 0.253 e. The smallest absolute Gasteiger partial charge is 0.253 e. The molecule has 0 saturated carbocycles. The van der Waals surface area contributed by atoms with Crippen molar-refractivity contribution in [1.29, 1.82) is 0 Å². The van der Waals surface area contributed by atoms with Gasteiger partial charge in [0.05, 0.1) is 24.0 Å². The molecular formula is C16H27N3O2. The first-order valence-corrected chi connectivity index (χ1v) is 7.32. The Kier molecular flexibility index (Phi) is 6.49. The summed E-state index contributed by atoms with van der Waals surface area (Å²) in [6.07, 6.45) is 0. The van der Waals surface area contributed by atoms with Gasteiger partial charge in [0, 0.05) is 26.3 Å². The van der Waals surface area contributed by atoms with E-state index in [0.717, 1.165) is 5.69 Å². The third-order valence-corrected chi connectivity index (χ3v) is 3.35. The molecule has 1 unspecified atom stereocenters. The molecule has 5 nitrogen and oxygen atoms in total. The Morgan fingerprint density at radius 3 is 2.52 bits per heavy atom. The summed E-state index contributed by atoms with van der Waals surface area (Å²) >= 11 is 0. The van der Waals surface area contributed by atoms with Crippen LogP contribution in [-0.2, 0) is 4.74 Å². The highest BCUT2D eigenvalue weighted by Crippen LogP contribution is 2.23. The van der Waals surface area contributed by atoms with E-state index in [1.54, 1.807) is 26.2 Å². The van der Waals surface area contributed by atoms with Crippen molar-refractivity contribution >= 4 is 17.3 Å². The summed E-state index contributed by atoms with van der Waals surface area (Å²) in [5, 5.41) is 3.40. The number of ether oxygens (including phenoxy) is 1. The van der Waals surface area contributed by atoms with Crippen LogP contribution in [0.4, 0.5) is 11.4 Å². The van der Waals surface area contributed by atoms with Crippen molar-refractivity contribution in [3.63, 3.8) is 0 Å². The summed E-state index contributed by atoms with van der Waals surface area (Å²) in [4.78, 5) is 13.4. The van der Waals surface area contributed by atoms with Gasteiger partial charge in [0.15, 0.2) is 0 Å². The molecule has 0 fully saturated rings. The number of hydrogen-bond donors (Lipinski definition) is 2. The number of nitrogens with zero attached hydrogens (tertiary/aromatic N) is 1. The SMILES string of the molecule is CCOCC(Nc1ccc(C(=O)N(C)C)cc1N)C(C)C. The van der Waals surface area contributed by atoms with Gasteiger partial charge in [-0.25, -0.2) is 0 Å². The lowest BCUT2D eigenvalue weighted by molar-refractivity contribution is 0.0827. The van der Waals surface area contributed by atoms with Gasteiger partial charge in [-0.1, -0.05) is 13.8 Å². The number of amides is 1. The largest absolute Gasteiger partial charge is 0.397 e. The third kappa shape index (κ3) is 4.93. The highest BCUT2D eigenvalue weighted by molar-refractivity contribution is 5.95. The van der Waals surface area contributed by atoms with Crippen molar-refractivity contribution in [2.75, 3.05) is 38.4 Å². The maximum absolute atomic E-state index is 11.9. The Hall–Kier alpha value is -1.75. The van der Waals surface area contributed by atoms with Crippen molar-refractivity contribution in [1.82, 2.24) is 4.90 Å². The van der Waals surface area contributed by atoms with Gasteiger partial charge in [0.1, 0.15) is 0 Å². The van der Waals surface area contributed by atoms with Crippen molar-refractivity contribution in [2.24, 2.45) is 5.92 Å². The van der Waals surface area contributed by atoms with E-state index in [4.69, 9.17) is 10.5 Å². The molecule has 0 spiro atoms. The van der Waals surface area contributed by atoms with Gasteiger partial charge in [-0.15, -0.1) is 0 Å². The molecule has 0 aromatic heterocycles. The number of nitrogens with one attached hydrogen (secondary N) is 1. The molecule has 0 aliphatic carbocycles. The van der Waals surface area contributed by atoms with E-state index in [1.165, 1.54) is 4.90 Å². The zero-order valence-corrected chi connectivity index (χ0v) is 13.6. The van der Waals surface area contributed by atoms with Crippen molar-refractivity contribution in [3.05, 3.63) is 23.8 Å². The molecule has 21 heavy (non-hydrogen) atoms. The molecule has 0 heterocycles. The highest BCUT2D eigenvalue weighted by atomic mass is 16.5. The molecule has 0 radical (unpaired) electrons. The molecule has 1 atom stereocenters. The third-order valence-electron chi connectivity index (χ3n) is 3.35. The maximum atomic E-state index is 11.9. The van der Waals surface area contributed by atoms with Crippen LogP contribution in [0.5, 0.6) is 0 Å². The van der Waals surface area contributed by atoms with Gasteiger partial charge in [-0.3, -0.25) is 4.79 Å². The predicted molar refractivity (Wildman–Crippen MR) is 87.6 cm³/mol. The molecule has 0 saturated heterocycles. The summed E-state index contributed by atoms with van der Waals surface area (Å²) in [6, 6.07) is 5.54. The van der Waals surface area contributed by atoms with Gasteiger partial charge in [-0.05, 0) is 31.0 Å². The minimum absolute atomic E-state index is 0.0528. The Bertz CT molecular complexity index is 473. The molecular weight excluding hydrogens is 266 g/mol. The van der Waals surface area contributed by atoms with Crippen molar-refractivity contribution in [3.8, 4) is 0 Å². The summed E-state index contributed by atoms with van der Waals surface area (Å²) in [7, 11) is 3.45. The summed E-state index contributed by atoms with van der Waals surface area (Å²) in [5.41, 5.74) is 8.06. The minimum atomic E-state index is -0.0528. The van der Waals surface area contributed by atoms with Crippen molar-refractivity contribution in [2.45, 2.75) is 26.8 Å². The summed E-state index contributed by atoms with van der Waals surface area (Å²) in [6.45, 7) is 7.57. The van der Waals surface area contributed by atoms with Gasteiger partial charge < -0.3 is 20.7 Å². The molecule has 0 aliphatic heterocycles. The van der Waals surface area contributed by atoms with Crippen LogP contribution in [0.1, 0.15) is 31.1 Å². The second kappa shape index (κ2) is 7.88. The molecule has 5 heteroatoms. The van der Waals surface area contributed by atoms with Gasteiger partial charge in [-0.2, -0.15) is 0 Å². The number of rotatable bonds is 7. The van der Waals surface area contributed by atoms with E-state index >= 15 is 0 Å². The number of anilines is 2. The first-order valence-electron chi connectivity index (χ1n) is 7.32. The molecule has 1 aromatic rings. The lowest BCUT2D eigenvalue weighted by Crippen LogP contribution is -2.31. The van der Waals surface area contributed by atoms with Crippen LogP contribution in [0.15, 0.2) is 18.2 Å². The van der Waals surface area contributed by atoms with Crippen molar-refractivity contribution < 1.29 is 9.53 Å². The Morgan fingerprint density at radius 2 is 2.05 bits per heavy atom. The Labute approximate surface area is 127 Å². The van der Waals surface area contributed by atoms with Crippen LogP contribution in [0.2, 0.25) is 0 Å². The normalized spacial score (nSPS) is 12.3. The predicted octanol–water partition coefficient (Wildman–Crippen LogP) is 2.44. The molecule has 1 rings (SSSR count). The van der Waals surface area contributed by atoms with Gasteiger partial charge >= 0.3 is 0 Å². The van der Waals surface area contributed by atoms with Crippen LogP contribution in [0, 0.1) is 5.92 Å². The molecule has 1 aromatic carbocycles. The fourth-order valence-electron chi connectivity index (χ4n) is 1.93. The van der Waals surface area contributed by atoms with Crippen LogP contribution in [-0.4, -0.2) is 44.2 Å². The average molecular weight is 293 g/mol. The van der Waals surface area contributed by atoms with Crippen LogP contribution in [0.25, 0.3) is 0 Å². The lowest BCUT2D eigenvalue weighted by Gasteiger charge is -2.24. The zero-order chi connectivity index (χ0) is 16.0. The number of nitrogens with two attached hydrogens (primary N) is 1. The zero-order valence-electron chi connectivity index (χ0n) is 13.6. The van der Waals surface area contributed by atoms with E-state index < -0.39 is 0 Å². The number of benzene rings is 1. The van der Waals surface area contributed by atoms with E-state index in [1.807, 2.05) is 13.0 Å². The summed E-state index contributed by atoms with van der Waals surface area (Å²) < 4.78 is 5.50. The van der Waals surface area contributed by atoms with Crippen LogP contribution >= 0.6 is 0 Å². The quantitative estimate of drug-likeness (QED) is 0.758. The Morgan fingerprint density at radius 1 is 1.38 bits per heavy atom. The number of carbonyl (C=O) groups is 1. The number of hydrogen-bond acceptors (Lipinski definition) is 4. The van der Waals surface area contributed by atoms with Crippen LogP contribution in [0.3, 0.4) is 0 Å².